The van der Waals surface area contributed by atoms with Crippen LogP contribution in [-0.2, 0) is 35.3 Å². The molecule has 0 radical (unpaired) electrons. The van der Waals surface area contributed by atoms with Crippen molar-refractivity contribution in [2.75, 3.05) is 12.4 Å². The minimum Gasteiger partial charge on any atom is -0.478 e. The highest BCUT2D eigenvalue weighted by Crippen LogP contribution is 2.11. The molecule has 0 spiro atoms. The van der Waals surface area contributed by atoms with E-state index in [1.54, 1.807) is 0 Å². The number of hydrogen-bond donors (Lipinski definition) is 4. The third-order valence-corrected chi connectivity index (χ3v) is 5.32. The molecule has 198 valence electrons. The number of amides is 3. The molecule has 4 N–H and O–H groups in total. The highest BCUT2D eigenvalue weighted by Gasteiger charge is 2.24. The van der Waals surface area contributed by atoms with Crippen molar-refractivity contribution in [1.82, 2.24) is 15.2 Å². The number of methoxy groups -OCH3 is 1. The van der Waals surface area contributed by atoms with Crippen molar-refractivity contribution in [3.63, 3.8) is 0 Å². The van der Waals surface area contributed by atoms with Gasteiger partial charge in [-0.3, -0.25) is 19.2 Å². The molecule has 0 fully saturated rings. The lowest BCUT2D eigenvalue weighted by atomic mass is 9.99. The lowest BCUT2D eigenvalue weighted by Crippen LogP contribution is -2.45. The predicted octanol–water partition coefficient (Wildman–Crippen LogP) is 0.807. The number of esters is 1. The highest BCUT2D eigenvalue weighted by molar-refractivity contribution is 5.96. The Morgan fingerprint density at radius 1 is 1.17 bits per heavy atom. The Balaban J connectivity index is 2.94. The quantitative estimate of drug-likeness (QED) is 0.212. The maximum atomic E-state index is 12.8. The summed E-state index contributed by atoms with van der Waals surface area (Å²) in [6.07, 6.45) is 5.12. The molecular formula is C24H34N4O8. The number of allylic oxidation sites excluding steroid dienone is 1. The summed E-state index contributed by atoms with van der Waals surface area (Å²) in [5, 5.41) is 16.2. The number of hydrogen-bond acceptors (Lipinski definition) is 7. The smallest absolute Gasteiger partial charge is 0.328 e. The van der Waals surface area contributed by atoms with E-state index >= 15 is 0 Å². The molecule has 12 nitrogen and oxygen atoms in total. The molecule has 1 aromatic heterocycles. The van der Waals surface area contributed by atoms with Crippen molar-refractivity contribution in [2.45, 2.75) is 65.1 Å². The van der Waals surface area contributed by atoms with Crippen molar-refractivity contribution in [3.05, 3.63) is 40.8 Å². The van der Waals surface area contributed by atoms with Gasteiger partial charge in [0.15, 0.2) is 0 Å². The Labute approximate surface area is 209 Å². The molecule has 1 heterocycles. The molecule has 0 aromatic carbocycles. The van der Waals surface area contributed by atoms with E-state index in [-0.39, 0.29) is 24.4 Å². The summed E-state index contributed by atoms with van der Waals surface area (Å²) in [4.78, 5) is 72.2. The van der Waals surface area contributed by atoms with Gasteiger partial charge in [-0.2, -0.15) is 0 Å². The number of nitrogens with zero attached hydrogens (tertiary/aromatic N) is 1. The van der Waals surface area contributed by atoms with Crippen LogP contribution in [0.15, 0.2) is 35.3 Å². The normalized spacial score (nSPS) is 13.3. The first-order valence-corrected chi connectivity index (χ1v) is 11.5. The Morgan fingerprint density at radius 2 is 1.86 bits per heavy atom. The van der Waals surface area contributed by atoms with Gasteiger partial charge < -0.3 is 30.4 Å². The van der Waals surface area contributed by atoms with Crippen molar-refractivity contribution in [2.24, 2.45) is 5.92 Å². The maximum absolute atomic E-state index is 12.8. The molecule has 0 aliphatic carbocycles. The number of aromatic nitrogens is 1. The standard InChI is InChI=1S/C24H34N4O8/c1-5-15(2)13-19(24(35)36-4)26-20(30)14-28-12-8-10-18(23(28)34)27-22(33)17(25-16(3)29)9-6-7-11-21(31)32/h7-8,10-12,15,17,19H,5-6,9,13-14H2,1-4H3,(H,25,29)(H,26,30)(H,27,33)(H,31,32). The van der Waals surface area contributed by atoms with Crippen LogP contribution in [0, 0.1) is 5.92 Å². The first-order chi connectivity index (χ1) is 17.0. The van der Waals surface area contributed by atoms with Crippen LogP contribution in [0.5, 0.6) is 0 Å². The number of nitrogens with one attached hydrogen (secondary N) is 3. The van der Waals surface area contributed by atoms with E-state index in [0.717, 1.165) is 17.1 Å². The summed E-state index contributed by atoms with van der Waals surface area (Å²) in [5.41, 5.74) is -0.777. The predicted molar refractivity (Wildman–Crippen MR) is 131 cm³/mol. The number of anilines is 1. The molecule has 0 bridgehead atoms. The zero-order chi connectivity index (χ0) is 27.3. The number of carbonyl (C=O) groups is 5. The van der Waals surface area contributed by atoms with E-state index in [0.29, 0.717) is 6.42 Å². The summed E-state index contributed by atoms with van der Waals surface area (Å²) in [5.74, 6) is -3.29. The lowest BCUT2D eigenvalue weighted by molar-refractivity contribution is -0.145. The number of carbonyl (C=O) groups excluding carboxylic acids is 4. The van der Waals surface area contributed by atoms with Crippen LogP contribution in [0.1, 0.15) is 46.5 Å². The summed E-state index contributed by atoms with van der Waals surface area (Å²) >= 11 is 0. The van der Waals surface area contributed by atoms with Crippen LogP contribution in [-0.4, -0.2) is 58.5 Å². The zero-order valence-electron chi connectivity index (χ0n) is 20.9. The van der Waals surface area contributed by atoms with E-state index in [1.165, 1.54) is 38.4 Å². The van der Waals surface area contributed by atoms with E-state index in [2.05, 4.69) is 16.0 Å². The molecule has 0 saturated carbocycles. The molecule has 3 amide bonds. The second-order valence-corrected chi connectivity index (χ2v) is 8.31. The van der Waals surface area contributed by atoms with Gasteiger partial charge in [-0.25, -0.2) is 9.59 Å². The molecule has 36 heavy (non-hydrogen) atoms. The molecule has 3 atom stereocenters. The van der Waals surface area contributed by atoms with Crippen molar-refractivity contribution < 1.29 is 33.8 Å². The first kappa shape index (κ1) is 30.1. The largest absolute Gasteiger partial charge is 0.478 e. The van der Waals surface area contributed by atoms with Crippen molar-refractivity contribution >= 4 is 35.3 Å². The van der Waals surface area contributed by atoms with Gasteiger partial charge in [0, 0.05) is 19.2 Å². The molecule has 0 saturated heterocycles. The molecular weight excluding hydrogens is 472 g/mol. The van der Waals surface area contributed by atoms with E-state index < -0.39 is 53.8 Å². The van der Waals surface area contributed by atoms with Crippen LogP contribution >= 0.6 is 0 Å². The monoisotopic (exact) mass is 506 g/mol. The first-order valence-electron chi connectivity index (χ1n) is 11.5. The molecule has 3 unspecified atom stereocenters. The molecule has 1 rings (SSSR count). The minimum absolute atomic E-state index is 0.101. The Kier molecular flexibility index (Phi) is 12.6. The Morgan fingerprint density at radius 3 is 2.44 bits per heavy atom. The minimum atomic E-state index is -1.14. The Bertz CT molecular complexity index is 1030. The van der Waals surface area contributed by atoms with Crippen LogP contribution in [0.4, 0.5) is 5.69 Å². The third kappa shape index (κ3) is 10.5. The fraction of sp³-hybridized carbons (Fsp3) is 0.500. The second kappa shape index (κ2) is 15.1. The van der Waals surface area contributed by atoms with Gasteiger partial charge >= 0.3 is 11.9 Å². The summed E-state index contributed by atoms with van der Waals surface area (Å²) in [6, 6.07) is 0.942. The maximum Gasteiger partial charge on any atom is 0.328 e. The van der Waals surface area contributed by atoms with E-state index in [4.69, 9.17) is 9.84 Å². The lowest BCUT2D eigenvalue weighted by Gasteiger charge is -2.20. The number of aliphatic carboxylic acids is 1. The fourth-order valence-electron chi connectivity index (χ4n) is 3.26. The number of ether oxygens (including phenoxy) is 1. The zero-order valence-corrected chi connectivity index (χ0v) is 20.9. The molecule has 0 aliphatic heterocycles. The van der Waals surface area contributed by atoms with Crippen molar-refractivity contribution in [3.8, 4) is 0 Å². The second-order valence-electron chi connectivity index (χ2n) is 8.31. The number of carboxylic acid groups (broad SMARTS) is 1. The van der Waals surface area contributed by atoms with Crippen LogP contribution in [0.25, 0.3) is 0 Å². The highest BCUT2D eigenvalue weighted by atomic mass is 16.5. The fourth-order valence-corrected chi connectivity index (χ4v) is 3.26. The number of rotatable bonds is 14. The van der Waals surface area contributed by atoms with Gasteiger partial charge in [-0.05, 0) is 37.3 Å². The Hall–Kier alpha value is -3.96. The van der Waals surface area contributed by atoms with Gasteiger partial charge in [0.1, 0.15) is 24.3 Å². The number of carboxylic acids is 1. The van der Waals surface area contributed by atoms with E-state index in [9.17, 15) is 28.8 Å². The molecule has 0 aliphatic rings. The SMILES string of the molecule is CCC(C)CC(NC(=O)Cn1cccc(NC(=O)C(CCC=CC(=O)O)NC(C)=O)c1=O)C(=O)OC. The summed E-state index contributed by atoms with van der Waals surface area (Å²) in [7, 11) is 1.23. The van der Waals surface area contributed by atoms with E-state index in [1.807, 2.05) is 13.8 Å². The van der Waals surface area contributed by atoms with Crippen LogP contribution < -0.4 is 21.5 Å². The summed E-state index contributed by atoms with van der Waals surface area (Å²) < 4.78 is 5.83. The molecule has 1 aromatic rings. The van der Waals surface area contributed by atoms with Gasteiger partial charge in [-0.1, -0.05) is 26.3 Å². The van der Waals surface area contributed by atoms with Crippen molar-refractivity contribution in [1.29, 1.82) is 0 Å². The van der Waals surface area contributed by atoms with Gasteiger partial charge in [0.2, 0.25) is 17.7 Å². The topological polar surface area (TPSA) is 173 Å². The van der Waals surface area contributed by atoms with Gasteiger partial charge in [0.05, 0.1) is 7.11 Å². The average Bonchev–Trinajstić information content (AvgIpc) is 2.81. The molecule has 12 heteroatoms. The summed E-state index contributed by atoms with van der Waals surface area (Å²) in [6.45, 7) is 4.73. The van der Waals surface area contributed by atoms with Gasteiger partial charge in [-0.15, -0.1) is 0 Å². The average molecular weight is 507 g/mol. The number of pyridine rings is 1. The van der Waals surface area contributed by atoms with Crippen LogP contribution in [0.3, 0.4) is 0 Å². The third-order valence-electron chi connectivity index (χ3n) is 5.32. The van der Waals surface area contributed by atoms with Crippen LogP contribution in [0.2, 0.25) is 0 Å². The van der Waals surface area contributed by atoms with Gasteiger partial charge in [0.25, 0.3) is 5.56 Å².